The first-order chi connectivity index (χ1) is 14.0. The molecule has 144 valence electrons. The molecule has 8 heteroatoms. The van der Waals surface area contributed by atoms with Gasteiger partial charge in [-0.15, -0.1) is 0 Å². The van der Waals surface area contributed by atoms with Gasteiger partial charge in [0.15, 0.2) is 5.13 Å². The van der Waals surface area contributed by atoms with Crippen molar-refractivity contribution >= 4 is 38.3 Å². The third-order valence-corrected chi connectivity index (χ3v) is 5.46. The van der Waals surface area contributed by atoms with Crippen LogP contribution in [0.5, 0.6) is 0 Å². The summed E-state index contributed by atoms with van der Waals surface area (Å²) in [6.07, 6.45) is 3.34. The quantitative estimate of drug-likeness (QED) is 0.354. The molecule has 0 N–H and O–H groups in total. The molecular formula is C21H16N4O3S. The zero-order chi connectivity index (χ0) is 20.4. The molecule has 0 aliphatic carbocycles. The number of hydrogen-bond donors (Lipinski definition) is 0. The molecule has 0 saturated heterocycles. The van der Waals surface area contributed by atoms with Crippen molar-refractivity contribution in [2.45, 2.75) is 13.5 Å². The van der Waals surface area contributed by atoms with Crippen molar-refractivity contribution < 1.29 is 9.72 Å². The molecule has 0 fully saturated rings. The fourth-order valence-corrected chi connectivity index (χ4v) is 3.98. The number of nitro benzene ring substituents is 1. The van der Waals surface area contributed by atoms with Gasteiger partial charge in [0.1, 0.15) is 0 Å². The maximum atomic E-state index is 13.3. The van der Waals surface area contributed by atoms with Crippen LogP contribution in [-0.4, -0.2) is 20.8 Å². The van der Waals surface area contributed by atoms with Crippen LogP contribution < -0.4 is 4.90 Å². The summed E-state index contributed by atoms with van der Waals surface area (Å²) in [4.78, 5) is 34.0. The number of benzene rings is 2. The maximum absolute atomic E-state index is 13.3. The molecule has 0 aliphatic heterocycles. The SMILES string of the molecule is Cc1ccc2nc(N(Cc3ccncc3)C(=O)c3ccc([N+](=O)[O-])cc3)sc2c1. The summed E-state index contributed by atoms with van der Waals surface area (Å²) in [5, 5.41) is 11.5. The predicted molar refractivity (Wildman–Crippen MR) is 112 cm³/mol. The number of pyridine rings is 1. The van der Waals surface area contributed by atoms with Crippen LogP contribution in [0.3, 0.4) is 0 Å². The summed E-state index contributed by atoms with van der Waals surface area (Å²) in [5.74, 6) is -0.271. The Bertz CT molecular complexity index is 1190. The molecule has 0 unspecified atom stereocenters. The number of aryl methyl sites for hydroxylation is 1. The molecule has 7 nitrogen and oxygen atoms in total. The van der Waals surface area contributed by atoms with Crippen LogP contribution in [0.15, 0.2) is 67.0 Å². The zero-order valence-electron chi connectivity index (χ0n) is 15.5. The number of thiazole rings is 1. The first-order valence-electron chi connectivity index (χ1n) is 8.84. The minimum absolute atomic E-state index is 0.0577. The van der Waals surface area contributed by atoms with Gasteiger partial charge in [-0.25, -0.2) is 4.98 Å². The molecule has 0 aliphatic rings. The lowest BCUT2D eigenvalue weighted by atomic mass is 10.1. The van der Waals surface area contributed by atoms with Crippen LogP contribution in [0.25, 0.3) is 10.2 Å². The molecule has 4 rings (SSSR count). The first kappa shape index (κ1) is 18.7. The summed E-state index contributed by atoms with van der Waals surface area (Å²) >= 11 is 1.44. The van der Waals surface area contributed by atoms with Crippen LogP contribution in [-0.2, 0) is 6.54 Å². The molecule has 0 radical (unpaired) electrons. The third-order valence-electron chi connectivity index (χ3n) is 4.42. The van der Waals surface area contributed by atoms with Crippen molar-refractivity contribution in [3.05, 3.63) is 93.8 Å². The van der Waals surface area contributed by atoms with Crippen molar-refractivity contribution in [3.63, 3.8) is 0 Å². The molecule has 0 bridgehead atoms. The smallest absolute Gasteiger partial charge is 0.269 e. The Hall–Kier alpha value is -3.65. The van der Waals surface area contributed by atoms with Gasteiger partial charge in [-0.1, -0.05) is 17.4 Å². The summed E-state index contributed by atoms with van der Waals surface area (Å²) in [5.41, 5.74) is 3.16. The van der Waals surface area contributed by atoms with Gasteiger partial charge in [0, 0.05) is 30.1 Å². The number of amides is 1. The molecule has 2 aromatic carbocycles. The van der Waals surface area contributed by atoms with E-state index in [-0.39, 0.29) is 11.6 Å². The van der Waals surface area contributed by atoms with E-state index in [4.69, 9.17) is 0 Å². The highest BCUT2D eigenvalue weighted by atomic mass is 32.1. The molecule has 0 atom stereocenters. The Morgan fingerprint density at radius 2 is 1.83 bits per heavy atom. The highest BCUT2D eigenvalue weighted by molar-refractivity contribution is 7.22. The van der Waals surface area contributed by atoms with Crippen molar-refractivity contribution in [2.24, 2.45) is 0 Å². The number of non-ortho nitro benzene ring substituents is 1. The molecule has 2 heterocycles. The van der Waals surface area contributed by atoms with E-state index >= 15 is 0 Å². The predicted octanol–water partition coefficient (Wildman–Crippen LogP) is 4.75. The van der Waals surface area contributed by atoms with Gasteiger partial charge in [-0.05, 0) is 54.4 Å². The maximum Gasteiger partial charge on any atom is 0.269 e. The largest absolute Gasteiger partial charge is 0.279 e. The second-order valence-electron chi connectivity index (χ2n) is 6.52. The van der Waals surface area contributed by atoms with Gasteiger partial charge >= 0.3 is 0 Å². The van der Waals surface area contributed by atoms with E-state index in [0.717, 1.165) is 21.3 Å². The average Bonchev–Trinajstić information content (AvgIpc) is 3.15. The van der Waals surface area contributed by atoms with Crippen LogP contribution in [0.1, 0.15) is 21.5 Å². The van der Waals surface area contributed by atoms with E-state index in [1.54, 1.807) is 17.3 Å². The van der Waals surface area contributed by atoms with Gasteiger partial charge in [0.05, 0.1) is 21.7 Å². The van der Waals surface area contributed by atoms with Gasteiger partial charge in [0.25, 0.3) is 11.6 Å². The first-order valence-corrected chi connectivity index (χ1v) is 9.65. The lowest BCUT2D eigenvalue weighted by molar-refractivity contribution is -0.384. The summed E-state index contributed by atoms with van der Waals surface area (Å²) in [7, 11) is 0. The van der Waals surface area contributed by atoms with E-state index in [0.29, 0.717) is 17.2 Å². The number of nitro groups is 1. The normalized spacial score (nSPS) is 10.8. The van der Waals surface area contributed by atoms with E-state index in [1.165, 1.54) is 35.6 Å². The average molecular weight is 404 g/mol. The molecule has 2 aromatic heterocycles. The molecular weight excluding hydrogens is 388 g/mol. The summed E-state index contributed by atoms with van der Waals surface area (Å²) < 4.78 is 0.997. The van der Waals surface area contributed by atoms with Crippen LogP contribution in [0.4, 0.5) is 10.8 Å². The van der Waals surface area contributed by atoms with E-state index in [1.807, 2.05) is 37.3 Å². The third kappa shape index (κ3) is 3.97. The monoisotopic (exact) mass is 404 g/mol. The zero-order valence-corrected chi connectivity index (χ0v) is 16.3. The summed E-state index contributed by atoms with van der Waals surface area (Å²) in [6.45, 7) is 2.33. The Balaban J connectivity index is 1.74. The van der Waals surface area contributed by atoms with Crippen LogP contribution in [0, 0.1) is 17.0 Å². The topological polar surface area (TPSA) is 89.2 Å². The van der Waals surface area contributed by atoms with E-state index in [2.05, 4.69) is 9.97 Å². The fourth-order valence-electron chi connectivity index (χ4n) is 2.91. The minimum atomic E-state index is -0.487. The number of aromatic nitrogens is 2. The summed E-state index contributed by atoms with van der Waals surface area (Å²) in [6, 6.07) is 15.2. The Labute approximate surface area is 170 Å². The fraction of sp³-hybridized carbons (Fsp3) is 0.0952. The van der Waals surface area contributed by atoms with Gasteiger partial charge in [-0.3, -0.25) is 24.8 Å². The number of carbonyl (C=O) groups excluding carboxylic acids is 1. The van der Waals surface area contributed by atoms with Crippen molar-refractivity contribution in [2.75, 3.05) is 4.90 Å². The number of carbonyl (C=O) groups is 1. The molecule has 4 aromatic rings. The standard InChI is InChI=1S/C21H16N4O3S/c1-14-2-7-18-19(12-14)29-21(23-18)24(13-15-8-10-22-11-9-15)20(26)16-3-5-17(6-4-16)25(27)28/h2-12H,13H2,1H3. The second-order valence-corrected chi connectivity index (χ2v) is 7.53. The molecule has 1 amide bonds. The van der Waals surface area contributed by atoms with Crippen molar-refractivity contribution in [3.8, 4) is 0 Å². The number of hydrogen-bond acceptors (Lipinski definition) is 6. The molecule has 0 saturated carbocycles. The number of rotatable bonds is 5. The highest BCUT2D eigenvalue weighted by Crippen LogP contribution is 2.31. The van der Waals surface area contributed by atoms with Crippen LogP contribution in [0.2, 0.25) is 0 Å². The lowest BCUT2D eigenvalue weighted by Crippen LogP contribution is -2.30. The van der Waals surface area contributed by atoms with Gasteiger partial charge in [-0.2, -0.15) is 0 Å². The Kier molecular flexibility index (Phi) is 5.01. The highest BCUT2D eigenvalue weighted by Gasteiger charge is 2.22. The number of anilines is 1. The second kappa shape index (κ2) is 7.76. The molecule has 0 spiro atoms. The van der Waals surface area contributed by atoms with E-state index in [9.17, 15) is 14.9 Å². The van der Waals surface area contributed by atoms with E-state index < -0.39 is 4.92 Å². The van der Waals surface area contributed by atoms with Gasteiger partial charge < -0.3 is 0 Å². The molecule has 29 heavy (non-hydrogen) atoms. The Morgan fingerprint density at radius 1 is 1.10 bits per heavy atom. The van der Waals surface area contributed by atoms with Gasteiger partial charge in [0.2, 0.25) is 0 Å². The lowest BCUT2D eigenvalue weighted by Gasteiger charge is -2.20. The van der Waals surface area contributed by atoms with Crippen molar-refractivity contribution in [1.82, 2.24) is 9.97 Å². The number of nitrogens with zero attached hydrogens (tertiary/aromatic N) is 4. The minimum Gasteiger partial charge on any atom is -0.279 e. The Morgan fingerprint density at radius 3 is 2.52 bits per heavy atom. The van der Waals surface area contributed by atoms with Crippen molar-refractivity contribution in [1.29, 1.82) is 0 Å². The van der Waals surface area contributed by atoms with Crippen LogP contribution >= 0.6 is 11.3 Å². The number of fused-ring (bicyclic) bond motifs is 1.